The first-order valence-corrected chi connectivity index (χ1v) is 7.20. The minimum atomic E-state index is -0.382. The van der Waals surface area contributed by atoms with Gasteiger partial charge in [-0.2, -0.15) is 11.8 Å². The molecule has 1 saturated heterocycles. The molecule has 6 heteroatoms. The maximum Gasteiger partial charge on any atom is 0.274 e. The van der Waals surface area contributed by atoms with Crippen LogP contribution in [0.3, 0.4) is 0 Å². The van der Waals surface area contributed by atoms with Gasteiger partial charge in [0.05, 0.1) is 9.95 Å². The lowest BCUT2D eigenvalue weighted by Crippen LogP contribution is -2.15. The number of thioether (sulfide) groups is 1. The molecule has 2 unspecified atom stereocenters. The Labute approximate surface area is 114 Å². The standard InChI is InChI=1S/C11H11Cl2NO2S/c12-9-2-1-3-11(14(15)16)8(9)4-7-5-17-6-10(7)13/h1-3,7,10H,4-6H2. The van der Waals surface area contributed by atoms with Gasteiger partial charge in [0.15, 0.2) is 0 Å². The SMILES string of the molecule is O=[N+]([O-])c1cccc(Cl)c1CC1CSCC1Cl. The number of nitro benzene ring substituents is 1. The second-order valence-electron chi connectivity index (χ2n) is 4.01. The molecule has 0 saturated carbocycles. The van der Waals surface area contributed by atoms with Crippen molar-refractivity contribution in [3.05, 3.63) is 38.9 Å². The first-order chi connectivity index (χ1) is 8.09. The maximum atomic E-state index is 10.9. The fourth-order valence-corrected chi connectivity index (χ4v) is 4.03. The van der Waals surface area contributed by atoms with Crippen LogP contribution in [0.4, 0.5) is 5.69 Å². The van der Waals surface area contributed by atoms with Crippen LogP contribution in [-0.2, 0) is 6.42 Å². The summed E-state index contributed by atoms with van der Waals surface area (Å²) in [6.07, 6.45) is 0.581. The van der Waals surface area contributed by atoms with Crippen LogP contribution in [0.2, 0.25) is 5.02 Å². The summed E-state index contributed by atoms with van der Waals surface area (Å²) in [4.78, 5) is 10.6. The van der Waals surface area contributed by atoms with E-state index in [1.165, 1.54) is 6.07 Å². The molecule has 0 spiro atoms. The predicted molar refractivity (Wildman–Crippen MR) is 72.3 cm³/mol. The molecule has 1 aliphatic rings. The highest BCUT2D eigenvalue weighted by Crippen LogP contribution is 2.35. The fraction of sp³-hybridized carbons (Fsp3) is 0.455. The molecule has 1 heterocycles. The van der Waals surface area contributed by atoms with Crippen LogP contribution in [0.25, 0.3) is 0 Å². The normalized spacial score (nSPS) is 23.9. The summed E-state index contributed by atoms with van der Waals surface area (Å²) in [6, 6.07) is 4.79. The van der Waals surface area contributed by atoms with Gasteiger partial charge in [-0.3, -0.25) is 10.1 Å². The Kier molecular flexibility index (Phi) is 4.17. The number of rotatable bonds is 3. The summed E-state index contributed by atoms with van der Waals surface area (Å²) >= 11 is 14.0. The highest BCUT2D eigenvalue weighted by molar-refractivity contribution is 7.99. The van der Waals surface area contributed by atoms with E-state index in [0.717, 1.165) is 11.5 Å². The van der Waals surface area contributed by atoms with Crippen LogP contribution in [0, 0.1) is 16.0 Å². The zero-order valence-electron chi connectivity index (χ0n) is 8.94. The van der Waals surface area contributed by atoms with Crippen LogP contribution in [0.1, 0.15) is 5.56 Å². The largest absolute Gasteiger partial charge is 0.274 e. The number of halogens is 2. The lowest BCUT2D eigenvalue weighted by molar-refractivity contribution is -0.385. The van der Waals surface area contributed by atoms with Gasteiger partial charge in [-0.25, -0.2) is 0 Å². The second kappa shape index (κ2) is 5.46. The molecule has 0 bridgehead atoms. The monoisotopic (exact) mass is 291 g/mol. The Hall–Kier alpha value is -0.450. The third kappa shape index (κ3) is 2.87. The van der Waals surface area contributed by atoms with Gasteiger partial charge in [0.1, 0.15) is 0 Å². The van der Waals surface area contributed by atoms with Gasteiger partial charge in [-0.05, 0) is 24.2 Å². The molecule has 3 nitrogen and oxygen atoms in total. The van der Waals surface area contributed by atoms with Gasteiger partial charge in [0, 0.05) is 22.8 Å². The fourth-order valence-electron chi connectivity index (χ4n) is 1.94. The first kappa shape index (κ1) is 13.0. The molecule has 2 rings (SSSR count). The van der Waals surface area contributed by atoms with Crippen LogP contribution < -0.4 is 0 Å². The molecular formula is C11H11Cl2NO2S. The van der Waals surface area contributed by atoms with Gasteiger partial charge in [0.2, 0.25) is 0 Å². The van der Waals surface area contributed by atoms with Crippen LogP contribution >= 0.6 is 35.0 Å². The third-order valence-electron chi connectivity index (χ3n) is 2.88. The summed E-state index contributed by atoms with van der Waals surface area (Å²) < 4.78 is 0. The molecule has 0 N–H and O–H groups in total. The molecule has 1 aromatic carbocycles. The molecule has 0 amide bonds. The number of nitro groups is 1. The van der Waals surface area contributed by atoms with E-state index in [1.54, 1.807) is 23.9 Å². The van der Waals surface area contributed by atoms with E-state index in [0.29, 0.717) is 17.0 Å². The van der Waals surface area contributed by atoms with Crippen LogP contribution in [0.5, 0.6) is 0 Å². The molecule has 0 radical (unpaired) electrons. The molecule has 0 aromatic heterocycles. The van der Waals surface area contributed by atoms with Crippen LogP contribution in [0.15, 0.2) is 18.2 Å². The topological polar surface area (TPSA) is 43.1 Å². The molecule has 0 aliphatic carbocycles. The summed E-state index contributed by atoms with van der Waals surface area (Å²) in [6.45, 7) is 0. The lowest BCUT2D eigenvalue weighted by Gasteiger charge is -2.13. The van der Waals surface area contributed by atoms with Gasteiger partial charge in [0.25, 0.3) is 5.69 Å². The average molecular weight is 292 g/mol. The Morgan fingerprint density at radius 3 is 2.82 bits per heavy atom. The minimum Gasteiger partial charge on any atom is -0.258 e. The molecule has 92 valence electrons. The molecular weight excluding hydrogens is 281 g/mol. The van der Waals surface area contributed by atoms with E-state index in [2.05, 4.69) is 0 Å². The number of nitrogens with zero attached hydrogens (tertiary/aromatic N) is 1. The Bertz CT molecular complexity index is 441. The van der Waals surface area contributed by atoms with E-state index in [4.69, 9.17) is 23.2 Å². The zero-order valence-corrected chi connectivity index (χ0v) is 11.3. The highest BCUT2D eigenvalue weighted by atomic mass is 35.5. The second-order valence-corrected chi connectivity index (χ2v) is 6.05. The number of alkyl halides is 1. The van der Waals surface area contributed by atoms with Crippen molar-refractivity contribution in [3.8, 4) is 0 Å². The molecule has 1 aromatic rings. The molecule has 1 fully saturated rings. The lowest BCUT2D eigenvalue weighted by atomic mass is 9.97. The maximum absolute atomic E-state index is 10.9. The molecule has 17 heavy (non-hydrogen) atoms. The van der Waals surface area contributed by atoms with Gasteiger partial charge >= 0.3 is 0 Å². The smallest absolute Gasteiger partial charge is 0.258 e. The summed E-state index contributed by atoms with van der Waals surface area (Å²) in [7, 11) is 0. The van der Waals surface area contributed by atoms with Gasteiger partial charge in [-0.15, -0.1) is 11.6 Å². The first-order valence-electron chi connectivity index (χ1n) is 5.23. The Morgan fingerprint density at radius 1 is 1.47 bits per heavy atom. The van der Waals surface area contributed by atoms with Gasteiger partial charge < -0.3 is 0 Å². The van der Waals surface area contributed by atoms with E-state index < -0.39 is 0 Å². The summed E-state index contributed by atoms with van der Waals surface area (Å²) in [5.41, 5.74) is 0.704. The number of benzene rings is 1. The van der Waals surface area contributed by atoms with Crippen molar-refractivity contribution in [2.45, 2.75) is 11.8 Å². The van der Waals surface area contributed by atoms with E-state index in [1.807, 2.05) is 0 Å². The van der Waals surface area contributed by atoms with Crippen molar-refractivity contribution in [3.63, 3.8) is 0 Å². The zero-order chi connectivity index (χ0) is 12.4. The Morgan fingerprint density at radius 2 is 2.24 bits per heavy atom. The van der Waals surface area contributed by atoms with Crippen molar-refractivity contribution >= 4 is 40.7 Å². The van der Waals surface area contributed by atoms with Crippen molar-refractivity contribution in [1.82, 2.24) is 0 Å². The number of hydrogen-bond acceptors (Lipinski definition) is 3. The van der Waals surface area contributed by atoms with Crippen molar-refractivity contribution in [1.29, 1.82) is 0 Å². The Balaban J connectivity index is 2.27. The predicted octanol–water partition coefficient (Wildman–Crippen LogP) is 3.76. The third-order valence-corrected chi connectivity index (χ3v) is 5.18. The number of hydrogen-bond donors (Lipinski definition) is 0. The van der Waals surface area contributed by atoms with Crippen molar-refractivity contribution < 1.29 is 4.92 Å². The molecule has 2 atom stereocenters. The highest BCUT2D eigenvalue weighted by Gasteiger charge is 2.29. The van der Waals surface area contributed by atoms with Gasteiger partial charge in [-0.1, -0.05) is 17.7 Å². The van der Waals surface area contributed by atoms with E-state index in [-0.39, 0.29) is 21.9 Å². The van der Waals surface area contributed by atoms with Crippen LogP contribution in [-0.4, -0.2) is 21.8 Å². The van der Waals surface area contributed by atoms with E-state index >= 15 is 0 Å². The summed E-state index contributed by atoms with van der Waals surface area (Å²) in [5, 5.41) is 11.5. The quantitative estimate of drug-likeness (QED) is 0.484. The molecule has 1 aliphatic heterocycles. The minimum absolute atomic E-state index is 0.0795. The van der Waals surface area contributed by atoms with E-state index in [9.17, 15) is 10.1 Å². The average Bonchev–Trinajstić information content (AvgIpc) is 2.67. The summed E-state index contributed by atoms with van der Waals surface area (Å²) in [5.74, 6) is 2.11. The van der Waals surface area contributed by atoms with Crippen molar-refractivity contribution in [2.24, 2.45) is 5.92 Å². The van der Waals surface area contributed by atoms with Crippen molar-refractivity contribution in [2.75, 3.05) is 11.5 Å².